The minimum Gasteiger partial charge on any atom is -0.350 e. The average molecular weight is 248 g/mol. The van der Waals surface area contributed by atoms with Gasteiger partial charge in [0, 0.05) is 23.7 Å². The summed E-state index contributed by atoms with van der Waals surface area (Å²) in [5.41, 5.74) is 1.19. The van der Waals surface area contributed by atoms with E-state index in [1.807, 2.05) is 13.8 Å². The zero-order valence-corrected chi connectivity index (χ0v) is 11.1. The Labute approximate surface area is 108 Å². The summed E-state index contributed by atoms with van der Waals surface area (Å²) in [6.45, 7) is 7.01. The van der Waals surface area contributed by atoms with Crippen molar-refractivity contribution in [1.29, 1.82) is 0 Å². The highest BCUT2D eigenvalue weighted by Gasteiger charge is 2.07. The van der Waals surface area contributed by atoms with Gasteiger partial charge in [0.05, 0.1) is 0 Å². The van der Waals surface area contributed by atoms with Crippen LogP contribution in [0.4, 0.5) is 0 Å². The second-order valence-electron chi connectivity index (χ2n) is 4.30. The van der Waals surface area contributed by atoms with Gasteiger partial charge in [0.1, 0.15) is 0 Å². The van der Waals surface area contributed by atoms with Crippen LogP contribution in [-0.4, -0.2) is 30.8 Å². The van der Waals surface area contributed by atoms with E-state index < -0.39 is 0 Å². The molecule has 0 aliphatic heterocycles. The predicted molar refractivity (Wildman–Crippen MR) is 71.9 cm³/mol. The van der Waals surface area contributed by atoms with E-state index in [2.05, 4.69) is 10.6 Å². The van der Waals surface area contributed by atoms with Crippen LogP contribution >= 0.6 is 0 Å². The molecule has 0 spiro atoms. The van der Waals surface area contributed by atoms with Gasteiger partial charge in [0.15, 0.2) is 5.78 Å². The number of rotatable bonds is 6. The molecule has 0 heterocycles. The largest absolute Gasteiger partial charge is 0.350 e. The van der Waals surface area contributed by atoms with Crippen LogP contribution in [0.2, 0.25) is 0 Å². The van der Waals surface area contributed by atoms with Gasteiger partial charge in [0.25, 0.3) is 5.91 Å². The first-order valence-corrected chi connectivity index (χ1v) is 6.17. The molecule has 0 bridgehead atoms. The maximum absolute atomic E-state index is 11.8. The number of nitrogens with one attached hydrogen (secondary N) is 2. The van der Waals surface area contributed by atoms with Gasteiger partial charge in [-0.1, -0.05) is 19.1 Å². The zero-order valence-electron chi connectivity index (χ0n) is 11.1. The molecule has 0 aliphatic rings. The Morgan fingerprint density at radius 1 is 1.17 bits per heavy atom. The molecule has 98 valence electrons. The first-order chi connectivity index (χ1) is 8.54. The van der Waals surface area contributed by atoms with Gasteiger partial charge in [-0.2, -0.15) is 0 Å². The molecule has 0 saturated heterocycles. The molecule has 2 N–H and O–H groups in total. The molecule has 0 aliphatic carbocycles. The van der Waals surface area contributed by atoms with E-state index in [1.165, 1.54) is 6.92 Å². The second kappa shape index (κ2) is 6.91. The number of amides is 1. The second-order valence-corrected chi connectivity index (χ2v) is 4.30. The molecule has 0 fully saturated rings. The first kappa shape index (κ1) is 14.4. The van der Waals surface area contributed by atoms with E-state index in [0.717, 1.165) is 6.54 Å². The maximum atomic E-state index is 11.8. The van der Waals surface area contributed by atoms with E-state index in [1.54, 1.807) is 24.3 Å². The van der Waals surface area contributed by atoms with Crippen molar-refractivity contribution in [3.63, 3.8) is 0 Å². The van der Waals surface area contributed by atoms with Crippen molar-refractivity contribution in [2.24, 2.45) is 0 Å². The Kier molecular flexibility index (Phi) is 5.52. The highest BCUT2D eigenvalue weighted by molar-refractivity contribution is 5.97. The number of Topliss-reactive ketones (excluding diaryl/α,β-unsaturated/α-hetero) is 1. The fraction of sp³-hybridized carbons (Fsp3) is 0.429. The van der Waals surface area contributed by atoms with Crippen LogP contribution in [-0.2, 0) is 0 Å². The Balaban J connectivity index is 2.54. The molecular formula is C14H20N2O2. The highest BCUT2D eigenvalue weighted by atomic mass is 16.1. The molecule has 18 heavy (non-hydrogen) atoms. The van der Waals surface area contributed by atoms with Crippen molar-refractivity contribution in [1.82, 2.24) is 10.6 Å². The molecule has 4 heteroatoms. The van der Waals surface area contributed by atoms with E-state index in [9.17, 15) is 9.59 Å². The van der Waals surface area contributed by atoms with Crippen molar-refractivity contribution in [2.75, 3.05) is 13.1 Å². The van der Waals surface area contributed by atoms with Gasteiger partial charge in [0.2, 0.25) is 0 Å². The average Bonchev–Trinajstić information content (AvgIpc) is 2.36. The molecule has 0 unspecified atom stereocenters. The van der Waals surface area contributed by atoms with Crippen LogP contribution in [0, 0.1) is 0 Å². The summed E-state index contributed by atoms with van der Waals surface area (Å²) in [7, 11) is 0. The van der Waals surface area contributed by atoms with Gasteiger partial charge < -0.3 is 10.6 Å². The van der Waals surface area contributed by atoms with Crippen LogP contribution < -0.4 is 10.6 Å². The van der Waals surface area contributed by atoms with Crippen molar-refractivity contribution in [2.45, 2.75) is 26.8 Å². The van der Waals surface area contributed by atoms with E-state index in [-0.39, 0.29) is 17.7 Å². The summed E-state index contributed by atoms with van der Waals surface area (Å²) in [5, 5.41) is 6.06. The molecule has 0 saturated carbocycles. The number of likely N-dealkylation sites (N-methyl/N-ethyl adjacent to an activating group) is 1. The molecule has 1 atom stereocenters. The minimum atomic E-state index is -0.116. The lowest BCUT2D eigenvalue weighted by atomic mass is 10.1. The lowest BCUT2D eigenvalue weighted by Gasteiger charge is -2.13. The number of benzene rings is 1. The van der Waals surface area contributed by atoms with Gasteiger partial charge in [-0.05, 0) is 32.5 Å². The fourth-order valence-corrected chi connectivity index (χ4v) is 1.62. The quantitative estimate of drug-likeness (QED) is 0.752. The number of hydrogen-bond donors (Lipinski definition) is 2. The van der Waals surface area contributed by atoms with Gasteiger partial charge in [-0.3, -0.25) is 9.59 Å². The van der Waals surface area contributed by atoms with Crippen LogP contribution in [0.25, 0.3) is 0 Å². The monoisotopic (exact) mass is 248 g/mol. The molecule has 0 aromatic heterocycles. The third-order valence-electron chi connectivity index (χ3n) is 2.68. The van der Waals surface area contributed by atoms with E-state index in [4.69, 9.17) is 0 Å². The standard InChI is InChI=1S/C14H20N2O2/c1-4-15-10(2)9-16-14(18)13-7-5-12(6-8-13)11(3)17/h5-8,10,15H,4,9H2,1-3H3,(H,16,18)/t10-/m1/s1. The Bertz CT molecular complexity index is 412. The summed E-state index contributed by atoms with van der Waals surface area (Å²) < 4.78 is 0. The van der Waals surface area contributed by atoms with Gasteiger partial charge >= 0.3 is 0 Å². The molecule has 0 radical (unpaired) electrons. The Hall–Kier alpha value is -1.68. The van der Waals surface area contributed by atoms with Crippen molar-refractivity contribution in [3.05, 3.63) is 35.4 Å². The molecule has 1 amide bonds. The number of hydrogen-bond acceptors (Lipinski definition) is 3. The number of carbonyl (C=O) groups is 2. The lowest BCUT2D eigenvalue weighted by Crippen LogP contribution is -2.38. The van der Waals surface area contributed by atoms with Crippen LogP contribution in [0.5, 0.6) is 0 Å². The van der Waals surface area contributed by atoms with Crippen LogP contribution in [0.15, 0.2) is 24.3 Å². The lowest BCUT2D eigenvalue weighted by molar-refractivity contribution is 0.0948. The Morgan fingerprint density at radius 3 is 2.22 bits per heavy atom. The summed E-state index contributed by atoms with van der Waals surface area (Å²) in [6, 6.07) is 6.93. The highest BCUT2D eigenvalue weighted by Crippen LogP contribution is 2.05. The minimum absolute atomic E-state index is 0.00252. The molecule has 1 aromatic carbocycles. The van der Waals surface area contributed by atoms with Crippen LogP contribution in [0.1, 0.15) is 41.5 Å². The summed E-state index contributed by atoms with van der Waals surface area (Å²) >= 11 is 0. The van der Waals surface area contributed by atoms with Gasteiger partial charge in [-0.15, -0.1) is 0 Å². The predicted octanol–water partition coefficient (Wildman–Crippen LogP) is 1.62. The fourth-order valence-electron chi connectivity index (χ4n) is 1.62. The molecule has 1 aromatic rings. The first-order valence-electron chi connectivity index (χ1n) is 6.17. The molecule has 4 nitrogen and oxygen atoms in total. The summed E-state index contributed by atoms with van der Waals surface area (Å²) in [4.78, 5) is 22.9. The molecular weight excluding hydrogens is 228 g/mol. The maximum Gasteiger partial charge on any atom is 0.251 e. The molecule has 1 rings (SSSR count). The van der Waals surface area contributed by atoms with E-state index in [0.29, 0.717) is 17.7 Å². The van der Waals surface area contributed by atoms with Crippen LogP contribution in [0.3, 0.4) is 0 Å². The number of carbonyl (C=O) groups excluding carboxylic acids is 2. The summed E-state index contributed by atoms with van der Waals surface area (Å²) in [6.07, 6.45) is 0. The SMILES string of the molecule is CCN[C@H](C)CNC(=O)c1ccc(C(C)=O)cc1. The topological polar surface area (TPSA) is 58.2 Å². The normalized spacial score (nSPS) is 11.9. The van der Waals surface area contributed by atoms with Crippen molar-refractivity contribution >= 4 is 11.7 Å². The number of ketones is 1. The van der Waals surface area contributed by atoms with Crippen molar-refractivity contribution < 1.29 is 9.59 Å². The van der Waals surface area contributed by atoms with Gasteiger partial charge in [-0.25, -0.2) is 0 Å². The Morgan fingerprint density at radius 2 is 1.72 bits per heavy atom. The van der Waals surface area contributed by atoms with E-state index >= 15 is 0 Å². The van der Waals surface area contributed by atoms with Crippen molar-refractivity contribution in [3.8, 4) is 0 Å². The summed E-state index contributed by atoms with van der Waals surface area (Å²) in [5.74, 6) is -0.113. The zero-order chi connectivity index (χ0) is 13.5. The third kappa shape index (κ3) is 4.30. The third-order valence-corrected chi connectivity index (χ3v) is 2.68. The smallest absolute Gasteiger partial charge is 0.251 e.